The zero-order chi connectivity index (χ0) is 20.4. The van der Waals surface area contributed by atoms with E-state index < -0.39 is 0 Å². The van der Waals surface area contributed by atoms with Crippen LogP contribution < -0.4 is 16.4 Å². The molecule has 28 heavy (non-hydrogen) atoms. The molecule has 2 aromatic heterocycles. The average molecular weight is 374 g/mol. The van der Waals surface area contributed by atoms with Crippen LogP contribution in [0.2, 0.25) is 0 Å². The molecule has 0 aliphatic rings. The Labute approximate surface area is 166 Å². The van der Waals surface area contributed by atoms with E-state index in [9.17, 15) is 0 Å². The highest BCUT2D eigenvalue weighted by Crippen LogP contribution is 2.17. The van der Waals surface area contributed by atoms with Gasteiger partial charge < -0.3 is 16.4 Å². The molecule has 0 unspecified atom stereocenters. The molecule has 0 fully saturated rings. The Morgan fingerprint density at radius 2 is 2.00 bits per heavy atom. The third-order valence-electron chi connectivity index (χ3n) is 3.94. The highest BCUT2D eigenvalue weighted by Gasteiger charge is 2.02. The first-order valence-electron chi connectivity index (χ1n) is 8.86. The van der Waals surface area contributed by atoms with Crippen LogP contribution >= 0.6 is 0 Å². The van der Waals surface area contributed by atoms with Crippen LogP contribution in [-0.2, 0) is 6.54 Å². The van der Waals surface area contributed by atoms with Crippen LogP contribution in [0, 0.1) is 6.92 Å². The zero-order valence-electron chi connectivity index (χ0n) is 16.3. The van der Waals surface area contributed by atoms with Crippen molar-refractivity contribution in [2.45, 2.75) is 13.5 Å². The summed E-state index contributed by atoms with van der Waals surface area (Å²) in [6.07, 6.45) is 8.66. The molecule has 0 saturated heterocycles. The van der Waals surface area contributed by atoms with Crippen molar-refractivity contribution in [3.63, 3.8) is 0 Å². The van der Waals surface area contributed by atoms with Gasteiger partial charge in [-0.15, -0.1) is 0 Å². The Morgan fingerprint density at radius 3 is 2.61 bits per heavy atom. The Bertz CT molecular complexity index is 922. The van der Waals surface area contributed by atoms with Crippen LogP contribution in [0.5, 0.6) is 0 Å². The summed E-state index contributed by atoms with van der Waals surface area (Å²) in [6.45, 7) is 10.1. The minimum Gasteiger partial charge on any atom is -0.382 e. The second kappa shape index (κ2) is 10.6. The number of nitrogens with one attached hydrogen (secondary N) is 2. The van der Waals surface area contributed by atoms with Crippen molar-refractivity contribution >= 4 is 17.6 Å². The van der Waals surface area contributed by atoms with Gasteiger partial charge in [-0.05, 0) is 55.6 Å². The molecule has 4 N–H and O–H groups in total. The molecule has 6 heteroatoms. The molecule has 0 atom stereocenters. The molecule has 3 aromatic rings. The Morgan fingerprint density at radius 1 is 1.18 bits per heavy atom. The van der Waals surface area contributed by atoms with Gasteiger partial charge >= 0.3 is 0 Å². The van der Waals surface area contributed by atoms with Gasteiger partial charge in [0, 0.05) is 30.2 Å². The molecule has 0 radical (unpaired) electrons. The molecule has 0 bridgehead atoms. The van der Waals surface area contributed by atoms with Crippen molar-refractivity contribution in [2.75, 3.05) is 18.1 Å². The minimum atomic E-state index is 0.470. The number of rotatable bonds is 6. The molecule has 1 aromatic carbocycles. The van der Waals surface area contributed by atoms with Crippen LogP contribution in [0.1, 0.15) is 16.8 Å². The monoisotopic (exact) mass is 374 g/mol. The molecule has 3 rings (SSSR count). The largest absolute Gasteiger partial charge is 0.382 e. The number of nitrogen functional groups attached to an aromatic ring is 1. The molecular formula is C22H26N6. The smallest absolute Gasteiger partial charge is 0.144 e. The molecule has 0 saturated carbocycles. The lowest BCUT2D eigenvalue weighted by Crippen LogP contribution is -2.06. The van der Waals surface area contributed by atoms with Gasteiger partial charge in [-0.1, -0.05) is 25.3 Å². The predicted molar refractivity (Wildman–Crippen MR) is 118 cm³/mol. The maximum absolute atomic E-state index is 5.58. The summed E-state index contributed by atoms with van der Waals surface area (Å²) in [6, 6.07) is 9.95. The number of anilines is 2. The van der Waals surface area contributed by atoms with Gasteiger partial charge in [-0.25, -0.2) is 9.97 Å². The fourth-order valence-electron chi connectivity index (χ4n) is 2.50. The average Bonchev–Trinajstić information content (AvgIpc) is 2.72. The lowest BCUT2D eigenvalue weighted by molar-refractivity contribution is 0.817. The van der Waals surface area contributed by atoms with Gasteiger partial charge in [-0.2, -0.15) is 0 Å². The number of benzene rings is 1. The maximum Gasteiger partial charge on any atom is 0.144 e. The molecule has 0 aliphatic heterocycles. The van der Waals surface area contributed by atoms with Crippen LogP contribution in [0.15, 0.2) is 68.3 Å². The second-order valence-electron chi connectivity index (χ2n) is 5.96. The van der Waals surface area contributed by atoms with E-state index in [4.69, 9.17) is 5.73 Å². The summed E-state index contributed by atoms with van der Waals surface area (Å²) >= 11 is 0. The van der Waals surface area contributed by atoms with E-state index >= 15 is 0 Å². The van der Waals surface area contributed by atoms with E-state index in [0.717, 1.165) is 34.7 Å². The van der Waals surface area contributed by atoms with E-state index in [2.05, 4.69) is 44.8 Å². The SMILES string of the molecule is C=CNc1ccc(C=C)c(CNC)c1.Cc1nc(-c2cccnc2)cnc1N. The normalized spacial score (nSPS) is 9.79. The number of hydrogen-bond acceptors (Lipinski definition) is 6. The van der Waals surface area contributed by atoms with Gasteiger partial charge in [0.05, 0.1) is 17.6 Å². The zero-order valence-corrected chi connectivity index (χ0v) is 16.3. The summed E-state index contributed by atoms with van der Waals surface area (Å²) in [5.41, 5.74) is 11.5. The summed E-state index contributed by atoms with van der Waals surface area (Å²) in [5.74, 6) is 0.470. The quantitative estimate of drug-likeness (QED) is 0.604. The summed E-state index contributed by atoms with van der Waals surface area (Å²) < 4.78 is 0. The molecule has 0 spiro atoms. The van der Waals surface area contributed by atoms with Gasteiger partial charge in [0.25, 0.3) is 0 Å². The Hall–Kier alpha value is -3.51. The lowest BCUT2D eigenvalue weighted by atomic mass is 10.1. The molecule has 6 nitrogen and oxygen atoms in total. The van der Waals surface area contributed by atoms with Crippen LogP contribution in [0.3, 0.4) is 0 Å². The highest BCUT2D eigenvalue weighted by atomic mass is 14.9. The van der Waals surface area contributed by atoms with Crippen molar-refractivity contribution in [3.8, 4) is 11.3 Å². The molecule has 2 heterocycles. The first-order valence-corrected chi connectivity index (χ1v) is 8.86. The molecule has 0 aliphatic carbocycles. The van der Waals surface area contributed by atoms with Crippen molar-refractivity contribution in [1.29, 1.82) is 0 Å². The van der Waals surface area contributed by atoms with E-state index in [1.807, 2.05) is 44.3 Å². The fourth-order valence-corrected chi connectivity index (χ4v) is 2.50. The van der Waals surface area contributed by atoms with E-state index in [1.54, 1.807) is 24.8 Å². The number of pyridine rings is 1. The summed E-state index contributed by atoms with van der Waals surface area (Å²) in [7, 11) is 1.93. The topological polar surface area (TPSA) is 88.8 Å². The van der Waals surface area contributed by atoms with Gasteiger partial charge in [0.1, 0.15) is 5.82 Å². The maximum atomic E-state index is 5.58. The third kappa shape index (κ3) is 5.75. The van der Waals surface area contributed by atoms with Gasteiger partial charge in [0.2, 0.25) is 0 Å². The van der Waals surface area contributed by atoms with Crippen molar-refractivity contribution in [1.82, 2.24) is 20.3 Å². The first-order chi connectivity index (χ1) is 13.6. The molecule has 144 valence electrons. The first kappa shape index (κ1) is 20.8. The van der Waals surface area contributed by atoms with Crippen molar-refractivity contribution in [3.05, 3.63) is 85.1 Å². The highest BCUT2D eigenvalue weighted by molar-refractivity contribution is 5.59. The van der Waals surface area contributed by atoms with E-state index in [0.29, 0.717) is 5.82 Å². The van der Waals surface area contributed by atoms with Crippen molar-refractivity contribution < 1.29 is 0 Å². The Kier molecular flexibility index (Phi) is 7.87. The van der Waals surface area contributed by atoms with Gasteiger partial charge in [-0.3, -0.25) is 4.98 Å². The van der Waals surface area contributed by atoms with E-state index in [-0.39, 0.29) is 0 Å². The molecular weight excluding hydrogens is 348 g/mol. The predicted octanol–water partition coefficient (Wildman–Crippen LogP) is 4.03. The van der Waals surface area contributed by atoms with Crippen LogP contribution in [0.4, 0.5) is 11.5 Å². The molecule has 0 amide bonds. The van der Waals surface area contributed by atoms with Gasteiger partial charge in [0.15, 0.2) is 0 Å². The fraction of sp³-hybridized carbons (Fsp3) is 0.136. The second-order valence-corrected chi connectivity index (χ2v) is 5.96. The third-order valence-corrected chi connectivity index (χ3v) is 3.94. The number of aromatic nitrogens is 3. The van der Waals surface area contributed by atoms with Crippen LogP contribution in [0.25, 0.3) is 17.3 Å². The van der Waals surface area contributed by atoms with Crippen molar-refractivity contribution in [2.24, 2.45) is 0 Å². The number of nitrogens with two attached hydrogens (primary N) is 1. The summed E-state index contributed by atoms with van der Waals surface area (Å²) in [4.78, 5) is 12.4. The number of nitrogens with zero attached hydrogens (tertiary/aromatic N) is 3. The summed E-state index contributed by atoms with van der Waals surface area (Å²) in [5, 5.41) is 6.19. The van der Waals surface area contributed by atoms with E-state index in [1.165, 1.54) is 5.56 Å². The lowest BCUT2D eigenvalue weighted by Gasteiger charge is -2.08. The number of hydrogen-bond donors (Lipinski definition) is 3. The standard InChI is InChI=1S/C12H16N2.C10H10N4/c1-4-10-6-7-12(14-5-2)8-11(10)9-13-3;1-7-10(11)13-6-9(14-7)8-3-2-4-12-5-8/h4-8,13-14H,1-2,9H2,3H3;2-6H,1H3,(H2,11,13). The minimum absolute atomic E-state index is 0.470. The number of aryl methyl sites for hydroxylation is 1. The Balaban J connectivity index is 0.000000200. The van der Waals surface area contributed by atoms with Crippen LogP contribution in [-0.4, -0.2) is 22.0 Å².